The van der Waals surface area contributed by atoms with E-state index in [9.17, 15) is 14.4 Å². The molecule has 2 saturated carbocycles. The van der Waals surface area contributed by atoms with Gasteiger partial charge in [-0.15, -0.1) is 0 Å². The fraction of sp³-hybridized carbons (Fsp3) is 0.479. The van der Waals surface area contributed by atoms with Crippen LogP contribution in [-0.4, -0.2) is 106 Å². The van der Waals surface area contributed by atoms with Crippen molar-refractivity contribution in [3.05, 3.63) is 84.7 Å². The lowest BCUT2D eigenvalue weighted by atomic mass is 9.96. The highest BCUT2D eigenvalue weighted by Crippen LogP contribution is 2.58. The Hall–Kier alpha value is -5.73. The van der Waals surface area contributed by atoms with Crippen molar-refractivity contribution in [3.8, 4) is 33.6 Å². The average Bonchev–Trinajstić information content (AvgIpc) is 3.92. The second-order valence-corrected chi connectivity index (χ2v) is 18.3. The SMILES string of the molecule is COC(=O)N[C@H](C(=O)N1CC2(CC2)C[C@H]1c1ncc(-c2ccc3cc(-c4ccc(-c5cnc([C@@H]6[C@H]7CC[C@H](C7)N6C[C@@H](NC(=O)OC)C(C)C)[nH]5)cc4)ccc3c2)[nH]1)C(C)OC. The minimum atomic E-state index is -0.885. The molecule has 14 heteroatoms. The molecule has 2 aromatic heterocycles. The summed E-state index contributed by atoms with van der Waals surface area (Å²) in [6.07, 6.45) is 8.69. The van der Waals surface area contributed by atoms with Gasteiger partial charge in [-0.2, -0.15) is 0 Å². The van der Waals surface area contributed by atoms with E-state index in [0.717, 1.165) is 88.3 Å². The molecule has 5 aromatic rings. The Kier molecular flexibility index (Phi) is 11.3. The first-order valence-corrected chi connectivity index (χ1v) is 22.0. The number of hydrogen-bond donors (Lipinski definition) is 4. The summed E-state index contributed by atoms with van der Waals surface area (Å²) in [7, 11) is 4.22. The number of carbonyl (C=O) groups is 3. The van der Waals surface area contributed by atoms with E-state index >= 15 is 0 Å². The second-order valence-electron chi connectivity index (χ2n) is 18.3. The van der Waals surface area contributed by atoms with Crippen LogP contribution in [0.15, 0.2) is 73.1 Å². The van der Waals surface area contributed by atoms with E-state index < -0.39 is 18.2 Å². The molecule has 2 saturated heterocycles. The standard InChI is InChI=1S/C48H58N8O6/c1-27(2)39(53-46(58)61-5)25-55-36-16-15-35(21-36)42(55)44-50-23-37(52-44)30-9-7-29(8-10-30)31-11-12-33-20-34(14-13-32(33)19-31)38-24-49-43(51-38)40-22-48(17-18-48)26-56(40)45(57)41(28(3)60-4)54-47(59)62-6/h7-14,19-20,23-24,27-28,35-36,39-42H,15-18,21-22,25-26H2,1-6H3,(H,49,51)(H,50,52)(H,53,58)(H,54,59)/t28?,35-,36+,39+,40-,41-,42-/m0/s1. The molecule has 2 aliphatic heterocycles. The van der Waals surface area contributed by atoms with Crippen LogP contribution < -0.4 is 10.6 Å². The van der Waals surface area contributed by atoms with Gasteiger partial charge in [-0.05, 0) is 102 Å². The lowest BCUT2D eigenvalue weighted by Gasteiger charge is -2.37. The molecule has 4 aliphatic rings. The molecule has 14 nitrogen and oxygen atoms in total. The van der Waals surface area contributed by atoms with Gasteiger partial charge in [-0.25, -0.2) is 19.6 Å². The van der Waals surface area contributed by atoms with Gasteiger partial charge in [-0.3, -0.25) is 9.69 Å². The van der Waals surface area contributed by atoms with Crippen molar-refractivity contribution < 1.29 is 28.6 Å². The predicted octanol–water partition coefficient (Wildman–Crippen LogP) is 8.01. The highest BCUT2D eigenvalue weighted by Gasteiger charge is 2.55. The van der Waals surface area contributed by atoms with E-state index in [1.807, 2.05) is 17.3 Å². The number of amides is 3. The van der Waals surface area contributed by atoms with Gasteiger partial charge in [-0.1, -0.05) is 62.4 Å². The molecule has 326 valence electrons. The van der Waals surface area contributed by atoms with Crippen molar-refractivity contribution in [1.82, 2.24) is 40.4 Å². The molecule has 4 N–H and O–H groups in total. The Morgan fingerprint density at radius 1 is 0.790 bits per heavy atom. The molecule has 62 heavy (non-hydrogen) atoms. The van der Waals surface area contributed by atoms with Crippen molar-refractivity contribution in [1.29, 1.82) is 0 Å². The molecular weight excluding hydrogens is 785 g/mol. The third-order valence-corrected chi connectivity index (χ3v) is 14.2. The minimum absolute atomic E-state index is 0.0129. The second kappa shape index (κ2) is 16.9. The van der Waals surface area contributed by atoms with Gasteiger partial charge < -0.3 is 39.7 Å². The molecule has 1 unspecified atom stereocenters. The summed E-state index contributed by atoms with van der Waals surface area (Å²) in [5, 5.41) is 7.99. The number of rotatable bonds is 13. The van der Waals surface area contributed by atoms with Gasteiger partial charge in [0.15, 0.2) is 0 Å². The maximum absolute atomic E-state index is 14.0. The largest absolute Gasteiger partial charge is 0.453 e. The molecular formula is C48H58N8O6. The number of ether oxygens (including phenoxy) is 3. The normalized spacial score (nSPS) is 22.9. The predicted molar refractivity (Wildman–Crippen MR) is 236 cm³/mol. The summed E-state index contributed by atoms with van der Waals surface area (Å²) in [6.45, 7) is 7.43. The number of aromatic amines is 2. The van der Waals surface area contributed by atoms with Crippen LogP contribution in [0.1, 0.15) is 83.0 Å². The number of fused-ring (bicyclic) bond motifs is 3. The van der Waals surface area contributed by atoms with E-state index in [2.05, 4.69) is 100 Å². The molecule has 2 aliphatic carbocycles. The van der Waals surface area contributed by atoms with Gasteiger partial charge in [0.05, 0.1) is 56.2 Å². The van der Waals surface area contributed by atoms with Gasteiger partial charge in [0.2, 0.25) is 5.91 Å². The van der Waals surface area contributed by atoms with Crippen LogP contribution in [0.3, 0.4) is 0 Å². The van der Waals surface area contributed by atoms with Crippen LogP contribution in [0, 0.1) is 17.3 Å². The van der Waals surface area contributed by atoms with Gasteiger partial charge in [0, 0.05) is 37.8 Å². The molecule has 9 rings (SSSR count). The molecule has 4 fully saturated rings. The topological polar surface area (TPSA) is 167 Å². The number of imidazole rings is 2. The first kappa shape index (κ1) is 41.6. The van der Waals surface area contributed by atoms with Crippen LogP contribution in [0.4, 0.5) is 9.59 Å². The average molecular weight is 843 g/mol. The fourth-order valence-corrected chi connectivity index (χ4v) is 10.3. The van der Waals surface area contributed by atoms with Gasteiger partial charge >= 0.3 is 12.2 Å². The molecule has 3 aromatic carbocycles. The van der Waals surface area contributed by atoms with Crippen molar-refractivity contribution in [3.63, 3.8) is 0 Å². The third kappa shape index (κ3) is 8.06. The Balaban J connectivity index is 0.886. The van der Waals surface area contributed by atoms with Crippen LogP contribution in [-0.2, 0) is 19.0 Å². The van der Waals surface area contributed by atoms with Crippen molar-refractivity contribution in [2.45, 2.75) is 95.6 Å². The highest BCUT2D eigenvalue weighted by atomic mass is 16.5. The summed E-state index contributed by atoms with van der Waals surface area (Å²) in [5.74, 6) is 2.35. The number of methoxy groups -OCH3 is 3. The summed E-state index contributed by atoms with van der Waals surface area (Å²) >= 11 is 0. The summed E-state index contributed by atoms with van der Waals surface area (Å²) in [6, 6.07) is 21.1. The lowest BCUT2D eigenvalue weighted by Crippen LogP contribution is -2.54. The minimum Gasteiger partial charge on any atom is -0.453 e. The Labute approximate surface area is 362 Å². The smallest absolute Gasteiger partial charge is 0.407 e. The number of hydrogen-bond acceptors (Lipinski definition) is 9. The number of benzene rings is 3. The molecule has 1 spiro atoms. The van der Waals surface area contributed by atoms with Crippen LogP contribution in [0.2, 0.25) is 0 Å². The number of nitrogens with one attached hydrogen (secondary N) is 4. The van der Waals surface area contributed by atoms with Crippen LogP contribution in [0.25, 0.3) is 44.4 Å². The van der Waals surface area contributed by atoms with E-state index in [0.29, 0.717) is 18.5 Å². The first-order valence-electron chi connectivity index (χ1n) is 22.0. The number of alkyl carbamates (subject to hydrolysis) is 2. The van der Waals surface area contributed by atoms with Crippen LogP contribution in [0.5, 0.6) is 0 Å². The van der Waals surface area contributed by atoms with E-state index in [-0.39, 0.29) is 41.5 Å². The maximum atomic E-state index is 14.0. The maximum Gasteiger partial charge on any atom is 0.407 e. The Morgan fingerprint density at radius 3 is 2.08 bits per heavy atom. The quantitative estimate of drug-likeness (QED) is 0.0919. The summed E-state index contributed by atoms with van der Waals surface area (Å²) < 4.78 is 15.2. The summed E-state index contributed by atoms with van der Waals surface area (Å²) in [5.41, 5.74) is 6.31. The molecule has 4 heterocycles. The third-order valence-electron chi connectivity index (χ3n) is 14.2. The highest BCUT2D eigenvalue weighted by molar-refractivity contribution is 5.91. The zero-order chi connectivity index (χ0) is 43.3. The number of aromatic nitrogens is 4. The number of carbonyl (C=O) groups excluding carboxylic acids is 3. The fourth-order valence-electron chi connectivity index (χ4n) is 10.3. The van der Waals surface area contributed by atoms with Crippen molar-refractivity contribution in [2.75, 3.05) is 34.4 Å². The van der Waals surface area contributed by atoms with Crippen LogP contribution >= 0.6 is 0 Å². The molecule has 0 radical (unpaired) electrons. The number of nitrogens with zero attached hydrogens (tertiary/aromatic N) is 4. The summed E-state index contributed by atoms with van der Waals surface area (Å²) in [4.78, 5) is 59.7. The number of likely N-dealkylation sites (tertiary alicyclic amines) is 2. The monoisotopic (exact) mass is 842 g/mol. The Morgan fingerprint density at radius 2 is 1.40 bits per heavy atom. The van der Waals surface area contributed by atoms with Gasteiger partial charge in [0.25, 0.3) is 0 Å². The molecule has 2 bridgehead atoms. The number of H-pyrrole nitrogens is 2. The molecule has 3 amide bonds. The lowest BCUT2D eigenvalue weighted by molar-refractivity contribution is -0.137. The number of piperidine rings is 1. The van der Waals surface area contributed by atoms with E-state index in [4.69, 9.17) is 24.2 Å². The molecule has 7 atom stereocenters. The van der Waals surface area contributed by atoms with E-state index in [1.165, 1.54) is 34.2 Å². The first-order chi connectivity index (χ1) is 30.0. The van der Waals surface area contributed by atoms with Gasteiger partial charge in [0.1, 0.15) is 17.7 Å². The van der Waals surface area contributed by atoms with Crippen molar-refractivity contribution in [2.24, 2.45) is 17.3 Å². The Bertz CT molecular complexity index is 2440. The zero-order valence-electron chi connectivity index (χ0n) is 36.4. The zero-order valence-corrected chi connectivity index (χ0v) is 36.4. The van der Waals surface area contributed by atoms with E-state index in [1.54, 1.807) is 6.92 Å². The van der Waals surface area contributed by atoms with Crippen molar-refractivity contribution >= 4 is 28.9 Å².